The lowest BCUT2D eigenvalue weighted by Crippen LogP contribution is -2.41. The van der Waals surface area contributed by atoms with Crippen LogP contribution in [0.25, 0.3) is 0 Å². The van der Waals surface area contributed by atoms with E-state index >= 15 is 0 Å². The fourth-order valence-electron chi connectivity index (χ4n) is 4.07. The highest BCUT2D eigenvalue weighted by molar-refractivity contribution is 5.97. The number of fused-ring (bicyclic) bond motifs is 1. The Morgan fingerprint density at radius 2 is 1.86 bits per heavy atom. The highest BCUT2D eigenvalue weighted by atomic mass is 16.5. The van der Waals surface area contributed by atoms with Gasteiger partial charge in [0.2, 0.25) is 0 Å². The lowest BCUT2D eigenvalue weighted by molar-refractivity contribution is 0.0298. The van der Waals surface area contributed by atoms with Crippen LogP contribution in [0.1, 0.15) is 52.1 Å². The van der Waals surface area contributed by atoms with Crippen molar-refractivity contribution in [3.8, 4) is 0 Å². The molecule has 1 aromatic carbocycles. The number of rotatable bonds is 5. The molecule has 4 rings (SSSR count). The molecule has 0 spiro atoms. The van der Waals surface area contributed by atoms with Crippen LogP contribution in [0.5, 0.6) is 0 Å². The number of amides is 2. The van der Waals surface area contributed by atoms with E-state index in [1.54, 1.807) is 9.80 Å². The summed E-state index contributed by atoms with van der Waals surface area (Å²) in [6.45, 7) is 6.08. The molecule has 154 valence electrons. The Hall–Kier alpha value is -2.67. The molecule has 0 saturated carbocycles. The molecule has 0 bridgehead atoms. The van der Waals surface area contributed by atoms with Gasteiger partial charge in [0.25, 0.3) is 11.8 Å². The summed E-state index contributed by atoms with van der Waals surface area (Å²) < 4.78 is 7.34. The van der Waals surface area contributed by atoms with Gasteiger partial charge in [0.15, 0.2) is 5.82 Å². The van der Waals surface area contributed by atoms with E-state index in [2.05, 4.69) is 4.98 Å². The number of imidazole rings is 1. The van der Waals surface area contributed by atoms with Gasteiger partial charge >= 0.3 is 0 Å². The Balaban J connectivity index is 1.63. The number of aromatic nitrogens is 2. The maximum absolute atomic E-state index is 13.4. The summed E-state index contributed by atoms with van der Waals surface area (Å²) in [6, 6.07) is 9.96. The smallest absolute Gasteiger partial charge is 0.290 e. The predicted molar refractivity (Wildman–Crippen MR) is 109 cm³/mol. The van der Waals surface area contributed by atoms with Gasteiger partial charge in [-0.3, -0.25) is 9.59 Å². The molecule has 7 heteroatoms. The molecule has 7 nitrogen and oxygen atoms in total. The molecule has 0 unspecified atom stereocenters. The van der Waals surface area contributed by atoms with Gasteiger partial charge in [-0.1, -0.05) is 30.3 Å². The first kappa shape index (κ1) is 19.6. The van der Waals surface area contributed by atoms with Gasteiger partial charge in [-0.05, 0) is 31.7 Å². The molecule has 1 saturated heterocycles. The lowest BCUT2D eigenvalue weighted by atomic mass is 10.1. The minimum Gasteiger partial charge on any atom is -0.378 e. The quantitative estimate of drug-likeness (QED) is 0.778. The Kier molecular flexibility index (Phi) is 5.94. The van der Waals surface area contributed by atoms with Gasteiger partial charge in [0.1, 0.15) is 5.69 Å². The Morgan fingerprint density at radius 3 is 2.59 bits per heavy atom. The van der Waals surface area contributed by atoms with Crippen LogP contribution >= 0.6 is 0 Å². The van der Waals surface area contributed by atoms with E-state index in [-0.39, 0.29) is 11.8 Å². The SMILES string of the molecule is CCN(Cc1ccccc1)C(=O)c1nc(C(=O)N2CCOCC2)c2n1CCCC2. The average Bonchev–Trinajstić information content (AvgIpc) is 3.17. The zero-order valence-corrected chi connectivity index (χ0v) is 17.0. The van der Waals surface area contributed by atoms with Crippen LogP contribution in [0.15, 0.2) is 30.3 Å². The number of ether oxygens (including phenoxy) is 1. The molecular formula is C22H28N4O3. The van der Waals surface area contributed by atoms with Gasteiger partial charge in [-0.2, -0.15) is 0 Å². The number of hydrogen-bond acceptors (Lipinski definition) is 4. The molecule has 0 radical (unpaired) electrons. The van der Waals surface area contributed by atoms with Crippen LogP contribution in [0, 0.1) is 0 Å². The Morgan fingerprint density at radius 1 is 1.10 bits per heavy atom. The van der Waals surface area contributed by atoms with E-state index in [0.29, 0.717) is 50.9 Å². The minimum atomic E-state index is -0.111. The van der Waals surface area contributed by atoms with E-state index in [1.807, 2.05) is 41.8 Å². The highest BCUT2D eigenvalue weighted by Crippen LogP contribution is 2.24. The molecule has 2 amide bonds. The van der Waals surface area contributed by atoms with Gasteiger partial charge in [-0.25, -0.2) is 4.98 Å². The van der Waals surface area contributed by atoms with Crippen LogP contribution < -0.4 is 0 Å². The van der Waals surface area contributed by atoms with Crippen molar-refractivity contribution in [3.63, 3.8) is 0 Å². The highest BCUT2D eigenvalue weighted by Gasteiger charge is 2.31. The van der Waals surface area contributed by atoms with E-state index in [0.717, 1.165) is 37.1 Å². The third-order valence-corrected chi connectivity index (χ3v) is 5.70. The first-order chi connectivity index (χ1) is 14.2. The number of morpholine rings is 1. The van der Waals surface area contributed by atoms with Crippen LogP contribution in [-0.4, -0.2) is 64.0 Å². The van der Waals surface area contributed by atoms with Crippen LogP contribution in [0.3, 0.4) is 0 Å². The number of nitrogens with zero attached hydrogens (tertiary/aromatic N) is 4. The Labute approximate surface area is 171 Å². The maximum Gasteiger partial charge on any atom is 0.290 e. The van der Waals surface area contributed by atoms with Crippen molar-refractivity contribution >= 4 is 11.8 Å². The summed E-state index contributed by atoms with van der Waals surface area (Å²) in [6.07, 6.45) is 2.81. The van der Waals surface area contributed by atoms with Crippen molar-refractivity contribution in [2.24, 2.45) is 0 Å². The summed E-state index contributed by atoms with van der Waals surface area (Å²) in [5, 5.41) is 0. The minimum absolute atomic E-state index is 0.0795. The molecule has 0 aliphatic carbocycles. The standard InChI is InChI=1S/C22H28N4O3/c1-2-24(16-17-8-4-3-5-9-17)22(28)20-23-19(18-10-6-7-11-26(18)20)21(27)25-12-14-29-15-13-25/h3-5,8-9H,2,6-7,10-16H2,1H3. The van der Waals surface area contributed by atoms with Crippen LogP contribution in [0.2, 0.25) is 0 Å². The van der Waals surface area contributed by atoms with E-state index in [9.17, 15) is 9.59 Å². The largest absolute Gasteiger partial charge is 0.378 e. The van der Waals surface area contributed by atoms with E-state index in [1.165, 1.54) is 0 Å². The fourth-order valence-corrected chi connectivity index (χ4v) is 4.07. The fraction of sp³-hybridized carbons (Fsp3) is 0.500. The third kappa shape index (κ3) is 4.05. The van der Waals surface area contributed by atoms with Gasteiger partial charge < -0.3 is 19.1 Å². The predicted octanol–water partition coefficient (Wildman–Crippen LogP) is 2.35. The molecule has 2 aromatic rings. The van der Waals surface area contributed by atoms with Crippen molar-refractivity contribution in [2.45, 2.75) is 39.3 Å². The molecule has 2 aliphatic rings. The summed E-state index contributed by atoms with van der Waals surface area (Å²) in [7, 11) is 0. The van der Waals surface area contributed by atoms with Crippen molar-refractivity contribution in [3.05, 3.63) is 53.1 Å². The summed E-state index contributed by atoms with van der Waals surface area (Å²) >= 11 is 0. The maximum atomic E-state index is 13.4. The second kappa shape index (κ2) is 8.78. The lowest BCUT2D eigenvalue weighted by Gasteiger charge is -2.26. The molecule has 29 heavy (non-hydrogen) atoms. The zero-order chi connectivity index (χ0) is 20.2. The molecule has 2 aliphatic heterocycles. The topological polar surface area (TPSA) is 67.7 Å². The van der Waals surface area contributed by atoms with Gasteiger partial charge in [-0.15, -0.1) is 0 Å². The van der Waals surface area contributed by atoms with Gasteiger partial charge in [0, 0.05) is 32.7 Å². The Bertz CT molecular complexity index is 872. The summed E-state index contributed by atoms with van der Waals surface area (Å²) in [4.78, 5) is 34.7. The summed E-state index contributed by atoms with van der Waals surface area (Å²) in [5.41, 5.74) is 2.44. The first-order valence-corrected chi connectivity index (χ1v) is 10.5. The average molecular weight is 396 g/mol. The van der Waals surface area contributed by atoms with Crippen molar-refractivity contribution in [1.82, 2.24) is 19.4 Å². The van der Waals surface area contributed by atoms with E-state index in [4.69, 9.17) is 4.74 Å². The normalized spacial score (nSPS) is 16.4. The number of hydrogen-bond donors (Lipinski definition) is 0. The van der Waals surface area contributed by atoms with Crippen molar-refractivity contribution in [1.29, 1.82) is 0 Å². The number of carbonyl (C=O) groups is 2. The molecule has 3 heterocycles. The second-order valence-corrected chi connectivity index (χ2v) is 7.55. The molecule has 0 atom stereocenters. The zero-order valence-electron chi connectivity index (χ0n) is 17.0. The molecule has 1 fully saturated rings. The third-order valence-electron chi connectivity index (χ3n) is 5.70. The van der Waals surface area contributed by atoms with Gasteiger partial charge in [0.05, 0.1) is 18.9 Å². The molecular weight excluding hydrogens is 368 g/mol. The van der Waals surface area contributed by atoms with E-state index < -0.39 is 0 Å². The molecule has 1 aromatic heterocycles. The summed E-state index contributed by atoms with van der Waals surface area (Å²) in [5.74, 6) is 0.207. The monoisotopic (exact) mass is 396 g/mol. The number of benzene rings is 1. The van der Waals surface area contributed by atoms with Crippen LogP contribution in [0.4, 0.5) is 0 Å². The van der Waals surface area contributed by atoms with Crippen molar-refractivity contribution < 1.29 is 14.3 Å². The second-order valence-electron chi connectivity index (χ2n) is 7.55. The van der Waals surface area contributed by atoms with Crippen LogP contribution in [-0.2, 0) is 24.2 Å². The number of carbonyl (C=O) groups excluding carboxylic acids is 2. The first-order valence-electron chi connectivity index (χ1n) is 10.5. The molecule has 0 N–H and O–H groups in total. The van der Waals surface area contributed by atoms with Crippen molar-refractivity contribution in [2.75, 3.05) is 32.8 Å².